The molecule has 0 atom stereocenters. The summed E-state index contributed by atoms with van der Waals surface area (Å²) in [5.41, 5.74) is 2.10. The molecule has 8 nitrogen and oxygen atoms in total. The van der Waals surface area contributed by atoms with E-state index in [-0.39, 0.29) is 30.4 Å². The molecule has 0 bridgehead atoms. The Hall–Kier alpha value is -3.33. The average Bonchev–Trinajstić information content (AvgIpc) is 3.07. The van der Waals surface area contributed by atoms with E-state index in [2.05, 4.69) is 20.2 Å². The minimum absolute atomic E-state index is 0.0140. The van der Waals surface area contributed by atoms with E-state index < -0.39 is 0 Å². The van der Waals surface area contributed by atoms with Crippen molar-refractivity contribution in [3.05, 3.63) is 48.2 Å². The molecule has 0 aliphatic carbocycles. The van der Waals surface area contributed by atoms with Crippen LogP contribution in [0.1, 0.15) is 36.5 Å². The van der Waals surface area contributed by atoms with Gasteiger partial charge in [0.05, 0.1) is 0 Å². The van der Waals surface area contributed by atoms with Gasteiger partial charge in [-0.25, -0.2) is 9.97 Å². The SMILES string of the molecule is CC(=O)c1ccc(NC(=O)CCC(=O)N2CCCN(c3nc4cccnc4s3)CC2)cc1. The van der Waals surface area contributed by atoms with Gasteiger partial charge in [-0.15, -0.1) is 0 Å². The number of carbonyl (C=O) groups excluding carboxylic acids is 3. The number of ketones is 1. The number of nitrogens with zero attached hydrogens (tertiary/aromatic N) is 4. The molecule has 1 fully saturated rings. The van der Waals surface area contributed by atoms with Crippen LogP contribution in [0.3, 0.4) is 0 Å². The van der Waals surface area contributed by atoms with E-state index >= 15 is 0 Å². The first-order valence-corrected chi connectivity index (χ1v) is 11.5. The second kappa shape index (κ2) is 9.86. The molecule has 1 saturated heterocycles. The van der Waals surface area contributed by atoms with E-state index in [0.717, 1.165) is 28.4 Å². The van der Waals surface area contributed by atoms with Gasteiger partial charge in [0.2, 0.25) is 11.8 Å². The number of aromatic nitrogens is 2. The van der Waals surface area contributed by atoms with Gasteiger partial charge < -0.3 is 15.1 Å². The second-order valence-electron chi connectivity index (χ2n) is 7.73. The Morgan fingerprint density at radius 2 is 1.84 bits per heavy atom. The van der Waals surface area contributed by atoms with Crippen LogP contribution >= 0.6 is 11.3 Å². The van der Waals surface area contributed by atoms with Crippen LogP contribution in [0.4, 0.5) is 10.8 Å². The van der Waals surface area contributed by atoms with Gasteiger partial charge in [-0.1, -0.05) is 11.3 Å². The Morgan fingerprint density at radius 1 is 1.03 bits per heavy atom. The Kier molecular flexibility index (Phi) is 6.75. The van der Waals surface area contributed by atoms with Gasteiger partial charge >= 0.3 is 0 Å². The van der Waals surface area contributed by atoms with E-state index in [4.69, 9.17) is 0 Å². The molecule has 2 aromatic heterocycles. The van der Waals surface area contributed by atoms with Crippen molar-refractivity contribution in [2.75, 3.05) is 36.4 Å². The molecule has 32 heavy (non-hydrogen) atoms. The van der Waals surface area contributed by atoms with Crippen molar-refractivity contribution >= 4 is 50.1 Å². The highest BCUT2D eigenvalue weighted by Crippen LogP contribution is 2.27. The highest BCUT2D eigenvalue weighted by Gasteiger charge is 2.21. The van der Waals surface area contributed by atoms with E-state index in [1.165, 1.54) is 6.92 Å². The van der Waals surface area contributed by atoms with Gasteiger partial charge in [0.25, 0.3) is 0 Å². The number of hydrogen-bond donors (Lipinski definition) is 1. The van der Waals surface area contributed by atoms with Crippen LogP contribution in [0.5, 0.6) is 0 Å². The molecule has 166 valence electrons. The zero-order chi connectivity index (χ0) is 22.5. The highest BCUT2D eigenvalue weighted by molar-refractivity contribution is 7.21. The van der Waals surface area contributed by atoms with E-state index in [1.54, 1.807) is 41.8 Å². The maximum Gasteiger partial charge on any atom is 0.224 e. The normalized spacial score (nSPS) is 14.3. The Labute approximate surface area is 190 Å². The van der Waals surface area contributed by atoms with Gasteiger partial charge in [-0.05, 0) is 49.7 Å². The quantitative estimate of drug-likeness (QED) is 0.578. The lowest BCUT2D eigenvalue weighted by Gasteiger charge is -2.21. The molecule has 0 unspecified atom stereocenters. The molecule has 0 spiro atoms. The summed E-state index contributed by atoms with van der Waals surface area (Å²) in [5, 5.41) is 3.71. The van der Waals surface area contributed by atoms with Crippen molar-refractivity contribution in [1.29, 1.82) is 0 Å². The molecular weight excluding hydrogens is 426 g/mol. The lowest BCUT2D eigenvalue weighted by molar-refractivity contribution is -0.132. The summed E-state index contributed by atoms with van der Waals surface area (Å²) in [4.78, 5) is 50.2. The number of pyridine rings is 1. The summed E-state index contributed by atoms with van der Waals surface area (Å²) in [6.07, 6.45) is 2.91. The first kappa shape index (κ1) is 21.9. The van der Waals surface area contributed by atoms with E-state index in [0.29, 0.717) is 30.9 Å². The molecule has 1 aromatic carbocycles. The maximum atomic E-state index is 12.7. The van der Waals surface area contributed by atoms with Crippen molar-refractivity contribution in [1.82, 2.24) is 14.9 Å². The molecule has 1 aliphatic rings. The third-order valence-corrected chi connectivity index (χ3v) is 6.46. The summed E-state index contributed by atoms with van der Waals surface area (Å²) in [6.45, 7) is 4.32. The van der Waals surface area contributed by atoms with Crippen molar-refractivity contribution in [2.24, 2.45) is 0 Å². The summed E-state index contributed by atoms with van der Waals surface area (Å²) >= 11 is 1.57. The topological polar surface area (TPSA) is 95.5 Å². The minimum atomic E-state index is -0.215. The number of fused-ring (bicyclic) bond motifs is 1. The van der Waals surface area contributed by atoms with Gasteiger partial charge in [-0.2, -0.15) is 0 Å². The molecule has 2 amide bonds. The molecule has 9 heteroatoms. The first-order valence-electron chi connectivity index (χ1n) is 10.6. The predicted octanol–water partition coefficient (Wildman–Crippen LogP) is 3.35. The molecule has 3 heterocycles. The minimum Gasteiger partial charge on any atom is -0.346 e. The standard InChI is InChI=1S/C23H25N5O3S/c1-16(29)17-5-7-18(8-6-17)25-20(30)9-10-21(31)27-12-3-13-28(15-14-27)23-26-19-4-2-11-24-22(19)32-23/h2,4-8,11H,3,9-10,12-15H2,1H3,(H,25,30). The van der Waals surface area contributed by atoms with Crippen LogP contribution in [0.2, 0.25) is 0 Å². The van der Waals surface area contributed by atoms with Crippen molar-refractivity contribution in [2.45, 2.75) is 26.2 Å². The molecule has 1 aliphatic heterocycles. The molecule has 4 rings (SSSR count). The van der Waals surface area contributed by atoms with Crippen LogP contribution < -0.4 is 10.2 Å². The maximum absolute atomic E-state index is 12.7. The number of carbonyl (C=O) groups is 3. The average molecular weight is 452 g/mol. The van der Waals surface area contributed by atoms with Gasteiger partial charge in [-0.3, -0.25) is 14.4 Å². The monoisotopic (exact) mass is 451 g/mol. The summed E-state index contributed by atoms with van der Waals surface area (Å²) in [7, 11) is 0. The molecular formula is C23H25N5O3S. The smallest absolute Gasteiger partial charge is 0.224 e. The Bertz CT molecular complexity index is 1100. The highest BCUT2D eigenvalue weighted by atomic mass is 32.1. The first-order chi connectivity index (χ1) is 15.5. The van der Waals surface area contributed by atoms with Crippen LogP contribution in [0.25, 0.3) is 10.3 Å². The number of thiazole rings is 1. The molecule has 0 radical (unpaired) electrons. The van der Waals surface area contributed by atoms with Gasteiger partial charge in [0.1, 0.15) is 10.3 Å². The number of benzene rings is 1. The predicted molar refractivity (Wildman–Crippen MR) is 125 cm³/mol. The largest absolute Gasteiger partial charge is 0.346 e. The van der Waals surface area contributed by atoms with Gasteiger partial charge in [0, 0.05) is 56.5 Å². The number of nitrogens with one attached hydrogen (secondary N) is 1. The van der Waals surface area contributed by atoms with E-state index in [1.807, 2.05) is 17.0 Å². The fourth-order valence-corrected chi connectivity index (χ4v) is 4.60. The fourth-order valence-electron chi connectivity index (χ4n) is 3.64. The van der Waals surface area contributed by atoms with Crippen molar-refractivity contribution in [3.8, 4) is 0 Å². The fraction of sp³-hybridized carbons (Fsp3) is 0.348. The lowest BCUT2D eigenvalue weighted by Crippen LogP contribution is -2.35. The second-order valence-corrected chi connectivity index (χ2v) is 8.68. The summed E-state index contributed by atoms with van der Waals surface area (Å²) in [6, 6.07) is 10.6. The summed E-state index contributed by atoms with van der Waals surface area (Å²) in [5.74, 6) is -0.253. The Morgan fingerprint density at radius 3 is 2.59 bits per heavy atom. The lowest BCUT2D eigenvalue weighted by atomic mass is 10.1. The van der Waals surface area contributed by atoms with Crippen LogP contribution in [-0.4, -0.2) is 58.6 Å². The van der Waals surface area contributed by atoms with Crippen molar-refractivity contribution in [3.63, 3.8) is 0 Å². The number of amides is 2. The zero-order valence-electron chi connectivity index (χ0n) is 17.9. The van der Waals surface area contributed by atoms with Crippen LogP contribution in [0, 0.1) is 0 Å². The van der Waals surface area contributed by atoms with Crippen LogP contribution in [-0.2, 0) is 9.59 Å². The zero-order valence-corrected chi connectivity index (χ0v) is 18.7. The molecule has 0 saturated carbocycles. The number of anilines is 2. The number of rotatable bonds is 6. The number of hydrogen-bond acceptors (Lipinski definition) is 7. The van der Waals surface area contributed by atoms with Gasteiger partial charge in [0.15, 0.2) is 10.9 Å². The van der Waals surface area contributed by atoms with Crippen molar-refractivity contribution < 1.29 is 14.4 Å². The third kappa shape index (κ3) is 5.28. The summed E-state index contributed by atoms with van der Waals surface area (Å²) < 4.78 is 0. The molecule has 3 aromatic rings. The molecule has 1 N–H and O–H groups in total. The number of Topliss-reactive ketones (excluding diaryl/α,β-unsaturated/α-hetero) is 1. The third-order valence-electron chi connectivity index (χ3n) is 5.42. The van der Waals surface area contributed by atoms with Crippen LogP contribution in [0.15, 0.2) is 42.6 Å². The van der Waals surface area contributed by atoms with E-state index in [9.17, 15) is 14.4 Å². The Balaban J connectivity index is 1.26.